The van der Waals surface area contributed by atoms with Gasteiger partial charge in [-0.05, 0) is 37.8 Å². The second kappa shape index (κ2) is 8.46. The van der Waals surface area contributed by atoms with Crippen LogP contribution in [0, 0.1) is 0 Å². The number of carbonyl (C=O) groups is 1. The quantitative estimate of drug-likeness (QED) is 0.787. The van der Waals surface area contributed by atoms with E-state index < -0.39 is 0 Å². The van der Waals surface area contributed by atoms with E-state index in [1.165, 1.54) is 31.4 Å². The van der Waals surface area contributed by atoms with Crippen LogP contribution in [0.15, 0.2) is 30.3 Å². The molecule has 2 fully saturated rings. The molecule has 2 aliphatic heterocycles. The van der Waals surface area contributed by atoms with Crippen molar-refractivity contribution >= 4 is 5.91 Å². The van der Waals surface area contributed by atoms with Crippen LogP contribution in [-0.4, -0.2) is 42.6 Å². The van der Waals surface area contributed by atoms with E-state index in [9.17, 15) is 4.79 Å². The van der Waals surface area contributed by atoms with Gasteiger partial charge in [0.05, 0.1) is 6.61 Å². The number of piperidine rings is 1. The van der Waals surface area contributed by atoms with Crippen molar-refractivity contribution in [2.75, 3.05) is 19.7 Å². The Kier molecular flexibility index (Phi) is 6.06. The van der Waals surface area contributed by atoms with Gasteiger partial charge in [-0.2, -0.15) is 0 Å². The summed E-state index contributed by atoms with van der Waals surface area (Å²) in [5.74, 6) is 0.186. The van der Waals surface area contributed by atoms with Crippen molar-refractivity contribution in [3.63, 3.8) is 0 Å². The van der Waals surface area contributed by atoms with Crippen LogP contribution in [0.1, 0.15) is 44.1 Å². The molecule has 2 saturated heterocycles. The summed E-state index contributed by atoms with van der Waals surface area (Å²) in [5.41, 5.74) is 1.18. The van der Waals surface area contributed by atoms with E-state index in [1.54, 1.807) is 0 Å². The first-order chi connectivity index (χ1) is 11.3. The van der Waals surface area contributed by atoms with Crippen molar-refractivity contribution in [3.8, 4) is 0 Å². The van der Waals surface area contributed by atoms with Crippen LogP contribution in [0.3, 0.4) is 0 Å². The summed E-state index contributed by atoms with van der Waals surface area (Å²) in [4.78, 5) is 14.7. The number of carbonyl (C=O) groups excluding carboxylic acids is 1. The molecule has 23 heavy (non-hydrogen) atoms. The molecule has 1 amide bonds. The van der Waals surface area contributed by atoms with Crippen LogP contribution in [0.25, 0.3) is 0 Å². The van der Waals surface area contributed by atoms with Gasteiger partial charge in [0.2, 0.25) is 5.91 Å². The van der Waals surface area contributed by atoms with Gasteiger partial charge in [-0.15, -0.1) is 0 Å². The van der Waals surface area contributed by atoms with Gasteiger partial charge in [0.25, 0.3) is 0 Å². The number of fused-ring (bicyclic) bond motifs is 1. The second-order valence-corrected chi connectivity index (χ2v) is 6.70. The van der Waals surface area contributed by atoms with E-state index in [0.717, 1.165) is 19.4 Å². The summed E-state index contributed by atoms with van der Waals surface area (Å²) in [6.45, 7) is 3.63. The Morgan fingerprint density at radius 3 is 2.91 bits per heavy atom. The third-order valence-electron chi connectivity index (χ3n) is 5.01. The predicted molar refractivity (Wildman–Crippen MR) is 91.1 cm³/mol. The zero-order valence-electron chi connectivity index (χ0n) is 13.9. The molecular weight excluding hydrogens is 288 g/mol. The highest BCUT2D eigenvalue weighted by Crippen LogP contribution is 2.27. The standard InChI is InChI=1S/C19H28N2O2/c22-19(10-6-14-23-15-16-7-2-1-3-8-16)20-17-11-13-21-12-5-4-9-18(17)21/h1-3,7-8,17-18H,4-6,9-15H2,(H,20,22)/t17-,18+/m1/s1. The third kappa shape index (κ3) is 4.79. The molecule has 0 aliphatic carbocycles. The molecule has 126 valence electrons. The molecule has 1 aromatic rings. The molecule has 1 N–H and O–H groups in total. The van der Waals surface area contributed by atoms with Gasteiger partial charge in [-0.3, -0.25) is 9.69 Å². The molecule has 2 heterocycles. The van der Waals surface area contributed by atoms with E-state index in [0.29, 0.717) is 31.7 Å². The minimum atomic E-state index is 0.186. The Morgan fingerprint density at radius 1 is 1.17 bits per heavy atom. The Balaban J connectivity index is 1.29. The normalized spacial score (nSPS) is 24.3. The van der Waals surface area contributed by atoms with E-state index in [4.69, 9.17) is 4.74 Å². The Bertz CT molecular complexity index is 491. The van der Waals surface area contributed by atoms with E-state index in [1.807, 2.05) is 18.2 Å². The fourth-order valence-electron chi connectivity index (χ4n) is 3.79. The van der Waals surface area contributed by atoms with Crippen molar-refractivity contribution < 1.29 is 9.53 Å². The van der Waals surface area contributed by atoms with Crippen LogP contribution in [0.5, 0.6) is 0 Å². The highest BCUT2D eigenvalue weighted by molar-refractivity contribution is 5.76. The van der Waals surface area contributed by atoms with Gasteiger partial charge >= 0.3 is 0 Å². The second-order valence-electron chi connectivity index (χ2n) is 6.70. The van der Waals surface area contributed by atoms with Gasteiger partial charge < -0.3 is 10.1 Å². The topological polar surface area (TPSA) is 41.6 Å². The molecule has 2 atom stereocenters. The maximum Gasteiger partial charge on any atom is 0.220 e. The van der Waals surface area contributed by atoms with Gasteiger partial charge in [-0.1, -0.05) is 36.8 Å². The predicted octanol–water partition coefficient (Wildman–Crippen LogP) is 2.73. The van der Waals surface area contributed by atoms with E-state index >= 15 is 0 Å². The summed E-state index contributed by atoms with van der Waals surface area (Å²) in [7, 11) is 0. The molecular formula is C19H28N2O2. The number of hydrogen-bond acceptors (Lipinski definition) is 3. The van der Waals surface area contributed by atoms with Crippen molar-refractivity contribution in [2.24, 2.45) is 0 Å². The first-order valence-electron chi connectivity index (χ1n) is 8.98. The average Bonchev–Trinajstić information content (AvgIpc) is 2.99. The van der Waals surface area contributed by atoms with Crippen LogP contribution in [0.4, 0.5) is 0 Å². The van der Waals surface area contributed by atoms with Crippen molar-refractivity contribution in [1.29, 1.82) is 0 Å². The number of ether oxygens (including phenoxy) is 1. The summed E-state index contributed by atoms with van der Waals surface area (Å²) < 4.78 is 5.64. The highest BCUT2D eigenvalue weighted by Gasteiger charge is 2.35. The zero-order valence-corrected chi connectivity index (χ0v) is 13.9. The lowest BCUT2D eigenvalue weighted by atomic mass is 9.99. The molecule has 0 spiro atoms. The SMILES string of the molecule is O=C(CCCOCc1ccccc1)N[C@@H]1CCN2CCCC[C@@H]12. The van der Waals surface area contributed by atoms with Gasteiger partial charge in [0, 0.05) is 31.7 Å². The fourth-order valence-corrected chi connectivity index (χ4v) is 3.79. The number of hydrogen-bond donors (Lipinski definition) is 1. The number of nitrogens with zero attached hydrogens (tertiary/aromatic N) is 1. The van der Waals surface area contributed by atoms with Gasteiger partial charge in [-0.25, -0.2) is 0 Å². The van der Waals surface area contributed by atoms with E-state index in [-0.39, 0.29) is 5.91 Å². The summed E-state index contributed by atoms with van der Waals surface area (Å²) in [6, 6.07) is 11.1. The third-order valence-corrected chi connectivity index (χ3v) is 5.01. The molecule has 0 aromatic heterocycles. The van der Waals surface area contributed by atoms with Crippen LogP contribution < -0.4 is 5.32 Å². The first kappa shape index (κ1) is 16.5. The summed E-state index contributed by atoms with van der Waals surface area (Å²) in [5, 5.41) is 3.25. The minimum absolute atomic E-state index is 0.186. The number of benzene rings is 1. The Morgan fingerprint density at radius 2 is 2.04 bits per heavy atom. The average molecular weight is 316 g/mol. The number of rotatable bonds is 7. The van der Waals surface area contributed by atoms with Crippen LogP contribution in [0.2, 0.25) is 0 Å². The monoisotopic (exact) mass is 316 g/mol. The summed E-state index contributed by atoms with van der Waals surface area (Å²) >= 11 is 0. The van der Waals surface area contributed by atoms with Crippen LogP contribution >= 0.6 is 0 Å². The lowest BCUT2D eigenvalue weighted by molar-refractivity contribution is -0.122. The molecule has 0 saturated carbocycles. The van der Waals surface area contributed by atoms with E-state index in [2.05, 4.69) is 22.3 Å². The molecule has 3 rings (SSSR count). The van der Waals surface area contributed by atoms with Gasteiger partial charge in [0.1, 0.15) is 0 Å². The molecule has 1 aromatic carbocycles. The zero-order chi connectivity index (χ0) is 15.9. The largest absolute Gasteiger partial charge is 0.377 e. The summed E-state index contributed by atoms with van der Waals surface area (Å²) in [6.07, 6.45) is 6.33. The molecule has 4 heteroatoms. The molecule has 2 aliphatic rings. The maximum atomic E-state index is 12.1. The minimum Gasteiger partial charge on any atom is -0.377 e. The van der Waals surface area contributed by atoms with Gasteiger partial charge in [0.15, 0.2) is 0 Å². The number of amides is 1. The lowest BCUT2D eigenvalue weighted by Crippen LogP contribution is -2.46. The van der Waals surface area contributed by atoms with Crippen molar-refractivity contribution in [3.05, 3.63) is 35.9 Å². The lowest BCUT2D eigenvalue weighted by Gasteiger charge is -2.32. The number of nitrogens with one attached hydrogen (secondary N) is 1. The first-order valence-corrected chi connectivity index (χ1v) is 8.98. The van der Waals surface area contributed by atoms with Crippen molar-refractivity contribution in [2.45, 2.75) is 57.2 Å². The molecule has 0 bridgehead atoms. The fraction of sp³-hybridized carbons (Fsp3) is 0.632. The highest BCUT2D eigenvalue weighted by atomic mass is 16.5. The van der Waals surface area contributed by atoms with Crippen LogP contribution in [-0.2, 0) is 16.1 Å². The molecule has 0 radical (unpaired) electrons. The Hall–Kier alpha value is -1.39. The smallest absolute Gasteiger partial charge is 0.220 e. The Labute approximate surface area is 139 Å². The van der Waals surface area contributed by atoms with Crippen molar-refractivity contribution in [1.82, 2.24) is 10.2 Å². The molecule has 0 unspecified atom stereocenters. The maximum absolute atomic E-state index is 12.1. The molecule has 4 nitrogen and oxygen atoms in total.